The molecule has 1 aliphatic carbocycles. The molecule has 1 heterocycles. The highest BCUT2D eigenvalue weighted by Crippen LogP contribution is 2.32. The maximum absolute atomic E-state index is 12.2. The van der Waals surface area contributed by atoms with Crippen molar-refractivity contribution in [3.05, 3.63) is 0 Å². The molecule has 2 fully saturated rings. The number of hydrogen-bond donors (Lipinski definition) is 2. The number of nitrogens with zero attached hydrogens (tertiary/aromatic N) is 1. The fourth-order valence-electron chi connectivity index (χ4n) is 2.90. The van der Waals surface area contributed by atoms with Gasteiger partial charge in [-0.3, -0.25) is 9.59 Å². The second-order valence-electron chi connectivity index (χ2n) is 5.06. The Kier molecular flexibility index (Phi) is 3.66. The molecule has 0 aromatic rings. The highest BCUT2D eigenvalue weighted by Gasteiger charge is 2.39. The Morgan fingerprint density at radius 3 is 2.24 bits per heavy atom. The molecular weight excluding hydrogens is 222 g/mol. The van der Waals surface area contributed by atoms with Crippen molar-refractivity contribution in [1.82, 2.24) is 4.90 Å². The molecule has 2 aliphatic rings. The number of aliphatic carboxylic acids is 1. The fraction of sp³-hybridized carbons (Fsp3) is 0.833. The number of likely N-dealkylation sites (tertiary alicyclic amines) is 1. The Hall–Kier alpha value is -1.10. The van der Waals surface area contributed by atoms with Crippen molar-refractivity contribution >= 4 is 11.9 Å². The van der Waals surface area contributed by atoms with Crippen molar-refractivity contribution < 1.29 is 19.8 Å². The molecule has 0 bridgehead atoms. The van der Waals surface area contributed by atoms with Gasteiger partial charge in [0.05, 0.1) is 17.9 Å². The number of hydrogen-bond acceptors (Lipinski definition) is 3. The van der Waals surface area contributed by atoms with Crippen molar-refractivity contribution in [2.75, 3.05) is 13.1 Å². The molecule has 1 aliphatic heterocycles. The number of carbonyl (C=O) groups excluding carboxylic acids is 1. The SMILES string of the molecule is O=C(O)[C@H]1CCCC[C@H]1C(=O)N1CC[C@H](O)C1. The summed E-state index contributed by atoms with van der Waals surface area (Å²) < 4.78 is 0. The highest BCUT2D eigenvalue weighted by molar-refractivity contribution is 5.85. The summed E-state index contributed by atoms with van der Waals surface area (Å²) in [4.78, 5) is 25.0. The average molecular weight is 241 g/mol. The van der Waals surface area contributed by atoms with Gasteiger partial charge < -0.3 is 15.1 Å². The zero-order chi connectivity index (χ0) is 12.4. The van der Waals surface area contributed by atoms with E-state index in [4.69, 9.17) is 5.11 Å². The molecule has 5 nitrogen and oxygen atoms in total. The summed E-state index contributed by atoms with van der Waals surface area (Å²) in [5.41, 5.74) is 0. The Bertz CT molecular complexity index is 318. The number of carbonyl (C=O) groups is 2. The number of aliphatic hydroxyl groups is 1. The molecule has 2 N–H and O–H groups in total. The number of carboxylic acid groups (broad SMARTS) is 1. The van der Waals surface area contributed by atoms with Crippen LogP contribution in [0.3, 0.4) is 0 Å². The molecular formula is C12H19NO4. The quantitative estimate of drug-likeness (QED) is 0.736. The molecule has 0 unspecified atom stereocenters. The molecule has 2 rings (SSSR count). The smallest absolute Gasteiger partial charge is 0.307 e. The van der Waals surface area contributed by atoms with Gasteiger partial charge in [-0.05, 0) is 19.3 Å². The molecule has 17 heavy (non-hydrogen) atoms. The molecule has 5 heteroatoms. The van der Waals surface area contributed by atoms with Crippen LogP contribution in [-0.2, 0) is 9.59 Å². The number of amides is 1. The Balaban J connectivity index is 2.03. The van der Waals surface area contributed by atoms with Crippen LogP contribution in [0.15, 0.2) is 0 Å². The van der Waals surface area contributed by atoms with Crippen LogP contribution in [-0.4, -0.2) is 46.2 Å². The summed E-state index contributed by atoms with van der Waals surface area (Å²) in [6.07, 6.45) is 3.26. The Morgan fingerprint density at radius 1 is 1.06 bits per heavy atom. The lowest BCUT2D eigenvalue weighted by molar-refractivity contribution is -0.152. The van der Waals surface area contributed by atoms with E-state index in [-0.39, 0.29) is 11.8 Å². The van der Waals surface area contributed by atoms with Gasteiger partial charge in [-0.15, -0.1) is 0 Å². The van der Waals surface area contributed by atoms with Gasteiger partial charge in [0.1, 0.15) is 0 Å². The number of carboxylic acids is 1. The topological polar surface area (TPSA) is 77.8 Å². The van der Waals surface area contributed by atoms with Gasteiger partial charge in [0, 0.05) is 13.1 Å². The first kappa shape index (κ1) is 12.4. The van der Waals surface area contributed by atoms with E-state index in [9.17, 15) is 14.7 Å². The second kappa shape index (κ2) is 5.04. The molecule has 3 atom stereocenters. The molecule has 1 saturated heterocycles. The lowest BCUT2D eigenvalue weighted by Crippen LogP contribution is -2.41. The van der Waals surface area contributed by atoms with Crippen LogP contribution in [0, 0.1) is 11.8 Å². The van der Waals surface area contributed by atoms with Crippen LogP contribution in [0.4, 0.5) is 0 Å². The van der Waals surface area contributed by atoms with E-state index in [0.29, 0.717) is 32.4 Å². The first-order valence-electron chi connectivity index (χ1n) is 6.29. The van der Waals surface area contributed by atoms with Crippen molar-refractivity contribution in [3.63, 3.8) is 0 Å². The van der Waals surface area contributed by atoms with Crippen LogP contribution < -0.4 is 0 Å². The largest absolute Gasteiger partial charge is 0.481 e. The fourth-order valence-corrected chi connectivity index (χ4v) is 2.90. The average Bonchev–Trinajstić information content (AvgIpc) is 2.75. The van der Waals surface area contributed by atoms with Crippen molar-refractivity contribution in [1.29, 1.82) is 0 Å². The monoisotopic (exact) mass is 241 g/mol. The van der Waals surface area contributed by atoms with Crippen LogP contribution in [0.25, 0.3) is 0 Å². The molecule has 1 amide bonds. The van der Waals surface area contributed by atoms with E-state index in [1.165, 1.54) is 0 Å². The van der Waals surface area contributed by atoms with Gasteiger partial charge >= 0.3 is 5.97 Å². The Labute approximate surface area is 100 Å². The predicted octanol–water partition coefficient (Wildman–Crippen LogP) is 0.471. The van der Waals surface area contributed by atoms with Crippen molar-refractivity contribution in [2.24, 2.45) is 11.8 Å². The Morgan fingerprint density at radius 2 is 1.71 bits per heavy atom. The number of rotatable bonds is 2. The zero-order valence-electron chi connectivity index (χ0n) is 9.84. The van der Waals surface area contributed by atoms with E-state index in [1.54, 1.807) is 4.90 Å². The summed E-state index contributed by atoms with van der Waals surface area (Å²) in [5, 5.41) is 18.5. The lowest BCUT2D eigenvalue weighted by atomic mass is 9.78. The first-order chi connectivity index (χ1) is 8.09. The molecule has 0 spiro atoms. The zero-order valence-corrected chi connectivity index (χ0v) is 9.84. The summed E-state index contributed by atoms with van der Waals surface area (Å²) >= 11 is 0. The van der Waals surface area contributed by atoms with Crippen LogP contribution in [0.1, 0.15) is 32.1 Å². The van der Waals surface area contributed by atoms with E-state index in [1.807, 2.05) is 0 Å². The van der Waals surface area contributed by atoms with Crippen molar-refractivity contribution in [2.45, 2.75) is 38.2 Å². The predicted molar refractivity (Wildman–Crippen MR) is 60.3 cm³/mol. The van der Waals surface area contributed by atoms with Gasteiger partial charge in [0.25, 0.3) is 0 Å². The standard InChI is InChI=1S/C12H19NO4/c14-8-5-6-13(7-8)11(15)9-3-1-2-4-10(9)12(16)17/h8-10,14H,1-7H2,(H,16,17)/t8-,9+,10-/m0/s1. The lowest BCUT2D eigenvalue weighted by Gasteiger charge is -2.30. The maximum Gasteiger partial charge on any atom is 0.307 e. The third-order valence-corrected chi connectivity index (χ3v) is 3.88. The van der Waals surface area contributed by atoms with Gasteiger partial charge in [0.2, 0.25) is 5.91 Å². The highest BCUT2D eigenvalue weighted by atomic mass is 16.4. The van der Waals surface area contributed by atoms with Gasteiger partial charge in [0.15, 0.2) is 0 Å². The van der Waals surface area contributed by atoms with E-state index in [0.717, 1.165) is 12.8 Å². The van der Waals surface area contributed by atoms with Gasteiger partial charge in [-0.25, -0.2) is 0 Å². The van der Waals surface area contributed by atoms with E-state index in [2.05, 4.69) is 0 Å². The van der Waals surface area contributed by atoms with E-state index < -0.39 is 18.0 Å². The maximum atomic E-state index is 12.2. The summed E-state index contributed by atoms with van der Waals surface area (Å²) in [5.74, 6) is -1.85. The summed E-state index contributed by atoms with van der Waals surface area (Å²) in [6.45, 7) is 0.921. The van der Waals surface area contributed by atoms with Crippen molar-refractivity contribution in [3.8, 4) is 0 Å². The molecule has 0 radical (unpaired) electrons. The summed E-state index contributed by atoms with van der Waals surface area (Å²) in [7, 11) is 0. The van der Waals surface area contributed by atoms with Crippen LogP contribution in [0.2, 0.25) is 0 Å². The normalized spacial score (nSPS) is 33.7. The van der Waals surface area contributed by atoms with Crippen LogP contribution in [0.5, 0.6) is 0 Å². The molecule has 96 valence electrons. The molecule has 0 aromatic carbocycles. The molecule has 1 saturated carbocycles. The third kappa shape index (κ3) is 2.60. The van der Waals surface area contributed by atoms with E-state index >= 15 is 0 Å². The number of aliphatic hydroxyl groups excluding tert-OH is 1. The number of β-amino-alcohol motifs (C(OH)–C–C–N with tert-alkyl or cyclic N) is 1. The third-order valence-electron chi connectivity index (χ3n) is 3.88. The minimum absolute atomic E-state index is 0.0753. The molecule has 0 aromatic heterocycles. The van der Waals surface area contributed by atoms with Crippen LogP contribution >= 0.6 is 0 Å². The minimum Gasteiger partial charge on any atom is -0.481 e. The minimum atomic E-state index is -0.859. The van der Waals surface area contributed by atoms with Gasteiger partial charge in [-0.2, -0.15) is 0 Å². The summed E-state index contributed by atoms with van der Waals surface area (Å²) in [6, 6.07) is 0. The second-order valence-corrected chi connectivity index (χ2v) is 5.06. The first-order valence-corrected chi connectivity index (χ1v) is 6.29. The van der Waals surface area contributed by atoms with Gasteiger partial charge in [-0.1, -0.05) is 12.8 Å².